The van der Waals surface area contributed by atoms with Crippen molar-refractivity contribution >= 4 is 62.3 Å². The Morgan fingerprint density at radius 3 is 2.16 bits per heavy atom. The number of carbonyl (C=O) groups excluding carboxylic acids is 2. The van der Waals surface area contributed by atoms with Crippen LogP contribution in [0.15, 0.2) is 36.4 Å². The highest BCUT2D eigenvalue weighted by molar-refractivity contribution is 7.92. The van der Waals surface area contributed by atoms with E-state index >= 15 is 0 Å². The van der Waals surface area contributed by atoms with Gasteiger partial charge >= 0.3 is 0 Å². The molecule has 0 radical (unpaired) electrons. The maximum atomic E-state index is 13.3. The third-order valence-corrected chi connectivity index (χ3v) is 7.18. The van der Waals surface area contributed by atoms with E-state index < -0.39 is 34.4 Å². The van der Waals surface area contributed by atoms with Crippen LogP contribution in [-0.4, -0.2) is 51.0 Å². The molecule has 2 rings (SSSR count). The topological polar surface area (TPSA) is 86.8 Å². The standard InChI is InChI=1S/C21H24Cl3N3O4S/c1-13-8-9-15(10-19(13)24)27(32(4,30)31)12-20(28)26(14(2)21(29)25-3)11-16-17(22)6-5-7-18(16)23/h5-10,14H,11-12H2,1-4H3,(H,25,29). The van der Waals surface area contributed by atoms with E-state index in [1.54, 1.807) is 37.3 Å². The number of carbonyl (C=O) groups is 2. The van der Waals surface area contributed by atoms with Crippen LogP contribution in [0.5, 0.6) is 0 Å². The first-order valence-electron chi connectivity index (χ1n) is 9.54. The summed E-state index contributed by atoms with van der Waals surface area (Å²) in [6, 6.07) is 8.68. The average Bonchev–Trinajstić information content (AvgIpc) is 2.72. The first-order chi connectivity index (χ1) is 14.9. The molecule has 0 fully saturated rings. The van der Waals surface area contributed by atoms with Gasteiger partial charge in [0.1, 0.15) is 12.6 Å². The number of aryl methyl sites for hydroxylation is 1. The predicted molar refractivity (Wildman–Crippen MR) is 129 cm³/mol. The fourth-order valence-corrected chi connectivity index (χ4v) is 4.53. The predicted octanol–water partition coefficient (Wildman–Crippen LogP) is 3.88. The Bertz CT molecular complexity index is 1110. The zero-order chi connectivity index (χ0) is 24.2. The Labute approximate surface area is 203 Å². The molecule has 0 saturated carbocycles. The summed E-state index contributed by atoms with van der Waals surface area (Å²) in [5.41, 5.74) is 1.45. The van der Waals surface area contributed by atoms with Crippen LogP contribution in [0.2, 0.25) is 15.1 Å². The minimum Gasteiger partial charge on any atom is -0.357 e. The molecule has 1 unspecified atom stereocenters. The van der Waals surface area contributed by atoms with E-state index in [2.05, 4.69) is 5.32 Å². The van der Waals surface area contributed by atoms with E-state index in [0.29, 0.717) is 20.6 Å². The Hall–Kier alpha value is -2.00. The van der Waals surface area contributed by atoms with Crippen molar-refractivity contribution < 1.29 is 18.0 Å². The molecule has 0 aromatic heterocycles. The van der Waals surface area contributed by atoms with Gasteiger partial charge < -0.3 is 10.2 Å². The van der Waals surface area contributed by atoms with E-state index in [-0.39, 0.29) is 12.2 Å². The van der Waals surface area contributed by atoms with Crippen LogP contribution in [-0.2, 0) is 26.2 Å². The molecule has 7 nitrogen and oxygen atoms in total. The quantitative estimate of drug-likeness (QED) is 0.572. The number of benzene rings is 2. The first kappa shape index (κ1) is 26.3. The molecule has 32 heavy (non-hydrogen) atoms. The van der Waals surface area contributed by atoms with Crippen LogP contribution in [0, 0.1) is 6.92 Å². The summed E-state index contributed by atoms with van der Waals surface area (Å²) in [5.74, 6) is -1.04. The molecule has 1 atom stereocenters. The molecule has 1 N–H and O–H groups in total. The monoisotopic (exact) mass is 519 g/mol. The number of nitrogens with zero attached hydrogens (tertiary/aromatic N) is 2. The van der Waals surface area contributed by atoms with Gasteiger partial charge in [0.15, 0.2) is 0 Å². The Morgan fingerprint density at radius 2 is 1.66 bits per heavy atom. The molecular formula is C21H24Cl3N3O4S. The second-order valence-corrected chi connectivity index (χ2v) is 10.3. The molecule has 11 heteroatoms. The lowest BCUT2D eigenvalue weighted by atomic mass is 10.1. The van der Waals surface area contributed by atoms with E-state index in [1.165, 1.54) is 24.9 Å². The molecule has 0 spiro atoms. The lowest BCUT2D eigenvalue weighted by Crippen LogP contribution is -2.50. The minimum atomic E-state index is -3.84. The Kier molecular flexibility index (Phi) is 8.82. The van der Waals surface area contributed by atoms with Gasteiger partial charge in [0.05, 0.1) is 11.9 Å². The molecule has 0 heterocycles. The van der Waals surface area contributed by atoms with Gasteiger partial charge in [-0.15, -0.1) is 0 Å². The molecule has 174 valence electrons. The summed E-state index contributed by atoms with van der Waals surface area (Å²) < 4.78 is 25.9. The largest absolute Gasteiger partial charge is 0.357 e. The fourth-order valence-electron chi connectivity index (χ4n) is 3.00. The summed E-state index contributed by atoms with van der Waals surface area (Å²) >= 11 is 18.7. The second-order valence-electron chi connectivity index (χ2n) is 7.22. The van der Waals surface area contributed by atoms with Crippen LogP contribution in [0.3, 0.4) is 0 Å². The zero-order valence-electron chi connectivity index (χ0n) is 18.0. The van der Waals surface area contributed by atoms with Crippen molar-refractivity contribution in [2.75, 3.05) is 24.2 Å². The van der Waals surface area contributed by atoms with E-state index in [4.69, 9.17) is 34.8 Å². The van der Waals surface area contributed by atoms with E-state index in [1.807, 2.05) is 0 Å². The van der Waals surface area contributed by atoms with Gasteiger partial charge in [-0.25, -0.2) is 8.42 Å². The molecule has 0 bridgehead atoms. The van der Waals surface area contributed by atoms with Crippen LogP contribution < -0.4 is 9.62 Å². The van der Waals surface area contributed by atoms with Gasteiger partial charge in [0.2, 0.25) is 21.8 Å². The van der Waals surface area contributed by atoms with Gasteiger partial charge in [-0.2, -0.15) is 0 Å². The summed E-state index contributed by atoms with van der Waals surface area (Å²) in [7, 11) is -2.40. The van der Waals surface area contributed by atoms with Gasteiger partial charge in [-0.05, 0) is 43.7 Å². The Balaban J connectivity index is 2.46. The van der Waals surface area contributed by atoms with Crippen molar-refractivity contribution in [3.63, 3.8) is 0 Å². The van der Waals surface area contributed by atoms with E-state index in [0.717, 1.165) is 16.1 Å². The molecule has 0 aliphatic rings. The van der Waals surface area contributed by atoms with Crippen LogP contribution in [0.4, 0.5) is 5.69 Å². The van der Waals surface area contributed by atoms with Gasteiger partial charge in [-0.1, -0.05) is 46.9 Å². The van der Waals surface area contributed by atoms with Gasteiger partial charge in [0.25, 0.3) is 0 Å². The number of anilines is 1. The minimum absolute atomic E-state index is 0.0851. The van der Waals surface area contributed by atoms with Crippen molar-refractivity contribution in [2.24, 2.45) is 0 Å². The maximum Gasteiger partial charge on any atom is 0.244 e. The average molecular weight is 521 g/mol. The third-order valence-electron chi connectivity index (χ3n) is 4.93. The van der Waals surface area contributed by atoms with Crippen LogP contribution in [0.25, 0.3) is 0 Å². The maximum absolute atomic E-state index is 13.3. The molecule has 2 aromatic rings. The molecule has 2 amide bonds. The molecule has 2 aromatic carbocycles. The smallest absolute Gasteiger partial charge is 0.244 e. The summed E-state index contributed by atoms with van der Waals surface area (Å²) in [6.07, 6.45) is 0.992. The summed E-state index contributed by atoms with van der Waals surface area (Å²) in [4.78, 5) is 26.9. The molecule has 0 saturated heterocycles. The highest BCUT2D eigenvalue weighted by Crippen LogP contribution is 2.28. The third kappa shape index (κ3) is 6.28. The number of hydrogen-bond donors (Lipinski definition) is 1. The highest BCUT2D eigenvalue weighted by Gasteiger charge is 2.30. The fraction of sp³-hybridized carbons (Fsp3) is 0.333. The number of amides is 2. The molecule has 0 aliphatic carbocycles. The number of nitrogens with one attached hydrogen (secondary N) is 1. The number of rotatable bonds is 8. The van der Waals surface area contributed by atoms with Crippen molar-refractivity contribution in [1.29, 1.82) is 0 Å². The first-order valence-corrected chi connectivity index (χ1v) is 12.5. The van der Waals surface area contributed by atoms with Crippen molar-refractivity contribution in [3.05, 3.63) is 62.6 Å². The number of hydrogen-bond acceptors (Lipinski definition) is 4. The summed E-state index contributed by atoms with van der Waals surface area (Å²) in [6.45, 7) is 2.69. The van der Waals surface area contributed by atoms with Gasteiger partial charge in [-0.3, -0.25) is 13.9 Å². The normalized spacial score (nSPS) is 12.2. The number of likely N-dealkylation sites (N-methyl/N-ethyl adjacent to an activating group) is 1. The lowest BCUT2D eigenvalue weighted by molar-refractivity contribution is -0.139. The zero-order valence-corrected chi connectivity index (χ0v) is 21.1. The van der Waals surface area contributed by atoms with Crippen molar-refractivity contribution in [3.8, 4) is 0 Å². The van der Waals surface area contributed by atoms with E-state index in [9.17, 15) is 18.0 Å². The van der Waals surface area contributed by atoms with Gasteiger partial charge in [0, 0.05) is 34.2 Å². The molecule has 0 aliphatic heterocycles. The SMILES string of the molecule is CNC(=O)C(C)N(Cc1c(Cl)cccc1Cl)C(=O)CN(c1ccc(C)c(Cl)c1)S(C)(=O)=O. The number of sulfonamides is 1. The van der Waals surface area contributed by atoms with Crippen molar-refractivity contribution in [1.82, 2.24) is 10.2 Å². The lowest BCUT2D eigenvalue weighted by Gasteiger charge is -2.31. The van der Waals surface area contributed by atoms with Crippen LogP contribution >= 0.6 is 34.8 Å². The van der Waals surface area contributed by atoms with Crippen LogP contribution in [0.1, 0.15) is 18.1 Å². The molecular weight excluding hydrogens is 497 g/mol. The highest BCUT2D eigenvalue weighted by atomic mass is 35.5. The number of halogens is 3. The van der Waals surface area contributed by atoms with Crippen molar-refractivity contribution in [2.45, 2.75) is 26.4 Å². The second kappa shape index (κ2) is 10.7. The summed E-state index contributed by atoms with van der Waals surface area (Å²) in [5, 5.41) is 3.51. The Morgan fingerprint density at radius 1 is 1.06 bits per heavy atom.